The quantitative estimate of drug-likeness (QED) is 0.701. The van der Waals surface area contributed by atoms with Crippen molar-refractivity contribution in [2.75, 3.05) is 33.2 Å². The van der Waals surface area contributed by atoms with E-state index in [4.69, 9.17) is 0 Å². The molecule has 0 aliphatic carbocycles. The Labute approximate surface area is 102 Å². The number of nitrogens with one attached hydrogen (secondary N) is 1. The van der Waals surface area contributed by atoms with Crippen molar-refractivity contribution < 1.29 is 0 Å². The lowest BCUT2D eigenvalue weighted by molar-refractivity contribution is 0.227. The second-order valence-electron chi connectivity index (χ2n) is 6.32. The monoisotopic (exact) mass is 226 g/mol. The van der Waals surface area contributed by atoms with Gasteiger partial charge in [-0.15, -0.1) is 0 Å². The number of likely N-dealkylation sites (tertiary alicyclic amines) is 1. The molecule has 16 heavy (non-hydrogen) atoms. The highest BCUT2D eigenvalue weighted by atomic mass is 15.1. The predicted molar refractivity (Wildman–Crippen MR) is 71.8 cm³/mol. The zero-order valence-corrected chi connectivity index (χ0v) is 11.7. The van der Waals surface area contributed by atoms with Gasteiger partial charge in [-0.3, -0.25) is 0 Å². The minimum atomic E-state index is 0.501. The number of unbranched alkanes of at least 4 members (excludes halogenated alkanes) is 2. The molecule has 1 rings (SSSR count). The summed E-state index contributed by atoms with van der Waals surface area (Å²) < 4.78 is 0. The van der Waals surface area contributed by atoms with Gasteiger partial charge >= 0.3 is 0 Å². The third-order valence-electron chi connectivity index (χ3n) is 3.90. The highest BCUT2D eigenvalue weighted by Crippen LogP contribution is 2.33. The molecule has 1 atom stereocenters. The second-order valence-corrected chi connectivity index (χ2v) is 6.32. The maximum absolute atomic E-state index is 3.21. The van der Waals surface area contributed by atoms with Crippen molar-refractivity contribution in [2.45, 2.75) is 46.5 Å². The van der Waals surface area contributed by atoms with Crippen LogP contribution in [-0.2, 0) is 0 Å². The average Bonchev–Trinajstić information content (AvgIpc) is 2.65. The molecule has 1 unspecified atom stereocenters. The highest BCUT2D eigenvalue weighted by Gasteiger charge is 2.31. The van der Waals surface area contributed by atoms with Gasteiger partial charge in [0, 0.05) is 6.54 Å². The van der Waals surface area contributed by atoms with Gasteiger partial charge in [-0.1, -0.05) is 27.2 Å². The van der Waals surface area contributed by atoms with Gasteiger partial charge in [-0.2, -0.15) is 0 Å². The van der Waals surface area contributed by atoms with E-state index in [-0.39, 0.29) is 0 Å². The molecule has 0 spiro atoms. The van der Waals surface area contributed by atoms with Crippen LogP contribution in [0, 0.1) is 11.3 Å². The molecule has 0 aromatic carbocycles. The maximum Gasteiger partial charge on any atom is 0.00151 e. The van der Waals surface area contributed by atoms with Crippen LogP contribution in [0.3, 0.4) is 0 Å². The van der Waals surface area contributed by atoms with E-state index >= 15 is 0 Å². The Balaban J connectivity index is 2.08. The van der Waals surface area contributed by atoms with Crippen LogP contribution in [0.1, 0.15) is 46.5 Å². The van der Waals surface area contributed by atoms with Gasteiger partial charge in [0.15, 0.2) is 0 Å². The molecule has 0 bridgehead atoms. The lowest BCUT2D eigenvalue weighted by Gasteiger charge is -2.27. The molecule has 1 aliphatic heterocycles. The van der Waals surface area contributed by atoms with E-state index in [2.05, 4.69) is 31.0 Å². The molecule has 0 amide bonds. The molecular weight excluding hydrogens is 196 g/mol. The summed E-state index contributed by atoms with van der Waals surface area (Å²) in [5.41, 5.74) is 0.501. The average molecular weight is 226 g/mol. The van der Waals surface area contributed by atoms with Crippen LogP contribution in [0.4, 0.5) is 0 Å². The Hall–Kier alpha value is -0.0800. The normalized spacial score (nSPS) is 22.9. The molecule has 0 aromatic rings. The third kappa shape index (κ3) is 4.84. The van der Waals surface area contributed by atoms with Crippen molar-refractivity contribution >= 4 is 0 Å². The lowest BCUT2D eigenvalue weighted by atomic mass is 9.80. The molecule has 1 N–H and O–H groups in total. The van der Waals surface area contributed by atoms with Crippen molar-refractivity contribution in [2.24, 2.45) is 11.3 Å². The lowest BCUT2D eigenvalue weighted by Crippen LogP contribution is -2.26. The minimum Gasteiger partial charge on any atom is -0.320 e. The molecule has 2 nitrogen and oxygen atoms in total. The summed E-state index contributed by atoms with van der Waals surface area (Å²) in [5.74, 6) is 0.907. The van der Waals surface area contributed by atoms with Crippen LogP contribution in [0.2, 0.25) is 0 Å². The molecule has 0 radical (unpaired) electrons. The summed E-state index contributed by atoms with van der Waals surface area (Å²) in [6, 6.07) is 0. The summed E-state index contributed by atoms with van der Waals surface area (Å²) in [5, 5.41) is 3.21. The largest absolute Gasteiger partial charge is 0.320 e. The molecule has 1 saturated heterocycles. The van der Waals surface area contributed by atoms with Gasteiger partial charge in [0.1, 0.15) is 0 Å². The predicted octanol–water partition coefficient (Wildman–Crippen LogP) is 2.74. The molecule has 1 aliphatic rings. The van der Waals surface area contributed by atoms with E-state index in [9.17, 15) is 0 Å². The van der Waals surface area contributed by atoms with Crippen molar-refractivity contribution in [1.29, 1.82) is 0 Å². The standard InChI is InChI=1S/C14H30N2/c1-14(2,3)13-8-11-16(12-13)10-7-5-6-9-15-4/h13,15H,5-12H2,1-4H3. The van der Waals surface area contributed by atoms with Crippen LogP contribution in [-0.4, -0.2) is 38.1 Å². The summed E-state index contributed by atoms with van der Waals surface area (Å²) in [7, 11) is 2.04. The van der Waals surface area contributed by atoms with Gasteiger partial charge in [-0.25, -0.2) is 0 Å². The van der Waals surface area contributed by atoms with E-state index in [0.29, 0.717) is 5.41 Å². The zero-order chi connectivity index (χ0) is 12.0. The second kappa shape index (κ2) is 6.61. The number of rotatable bonds is 6. The summed E-state index contributed by atoms with van der Waals surface area (Å²) in [6.45, 7) is 12.3. The third-order valence-corrected chi connectivity index (χ3v) is 3.90. The zero-order valence-electron chi connectivity index (χ0n) is 11.7. The summed E-state index contributed by atoms with van der Waals surface area (Å²) in [4.78, 5) is 2.66. The van der Waals surface area contributed by atoms with Gasteiger partial charge < -0.3 is 10.2 Å². The number of hydrogen-bond acceptors (Lipinski definition) is 2. The SMILES string of the molecule is CNCCCCCN1CCC(C(C)(C)C)C1. The Morgan fingerprint density at radius 1 is 1.19 bits per heavy atom. The Morgan fingerprint density at radius 3 is 2.50 bits per heavy atom. The molecule has 96 valence electrons. The van der Waals surface area contributed by atoms with Crippen LogP contribution in [0.5, 0.6) is 0 Å². The Kier molecular flexibility index (Phi) is 5.77. The fourth-order valence-corrected chi connectivity index (χ4v) is 2.56. The van der Waals surface area contributed by atoms with Gasteiger partial charge in [-0.05, 0) is 57.3 Å². The van der Waals surface area contributed by atoms with Crippen LogP contribution in [0.15, 0.2) is 0 Å². The van der Waals surface area contributed by atoms with Crippen LogP contribution >= 0.6 is 0 Å². The molecule has 0 aromatic heterocycles. The van der Waals surface area contributed by atoms with Gasteiger partial charge in [0.2, 0.25) is 0 Å². The number of nitrogens with zero attached hydrogens (tertiary/aromatic N) is 1. The fraction of sp³-hybridized carbons (Fsp3) is 1.00. The first kappa shape index (κ1) is 14.0. The van der Waals surface area contributed by atoms with Crippen molar-refractivity contribution in [3.63, 3.8) is 0 Å². The summed E-state index contributed by atoms with van der Waals surface area (Å²) in [6.07, 6.45) is 5.48. The first-order valence-electron chi connectivity index (χ1n) is 6.91. The van der Waals surface area contributed by atoms with E-state index in [1.165, 1.54) is 51.9 Å². The Bertz CT molecular complexity index is 184. The first-order chi connectivity index (χ1) is 7.54. The van der Waals surface area contributed by atoms with E-state index in [1.54, 1.807) is 0 Å². The molecule has 1 heterocycles. The van der Waals surface area contributed by atoms with Crippen LogP contribution < -0.4 is 5.32 Å². The minimum absolute atomic E-state index is 0.501. The van der Waals surface area contributed by atoms with E-state index in [0.717, 1.165) is 5.92 Å². The van der Waals surface area contributed by atoms with E-state index in [1.807, 2.05) is 7.05 Å². The Morgan fingerprint density at radius 2 is 1.94 bits per heavy atom. The molecule has 1 fully saturated rings. The molecule has 2 heteroatoms. The van der Waals surface area contributed by atoms with Crippen molar-refractivity contribution in [1.82, 2.24) is 10.2 Å². The van der Waals surface area contributed by atoms with Crippen molar-refractivity contribution in [3.05, 3.63) is 0 Å². The topological polar surface area (TPSA) is 15.3 Å². The van der Waals surface area contributed by atoms with E-state index < -0.39 is 0 Å². The summed E-state index contributed by atoms with van der Waals surface area (Å²) >= 11 is 0. The van der Waals surface area contributed by atoms with Crippen LogP contribution in [0.25, 0.3) is 0 Å². The molecular formula is C14H30N2. The maximum atomic E-state index is 3.21. The van der Waals surface area contributed by atoms with Gasteiger partial charge in [0.25, 0.3) is 0 Å². The highest BCUT2D eigenvalue weighted by molar-refractivity contribution is 4.83. The van der Waals surface area contributed by atoms with Gasteiger partial charge in [0.05, 0.1) is 0 Å². The first-order valence-corrected chi connectivity index (χ1v) is 6.91. The number of hydrogen-bond donors (Lipinski definition) is 1. The molecule has 0 saturated carbocycles. The smallest absolute Gasteiger partial charge is 0.00151 e. The van der Waals surface area contributed by atoms with Crippen molar-refractivity contribution in [3.8, 4) is 0 Å². The fourth-order valence-electron chi connectivity index (χ4n) is 2.56.